The lowest BCUT2D eigenvalue weighted by atomic mass is 9.94. The van der Waals surface area contributed by atoms with E-state index in [-0.39, 0.29) is 23.8 Å². The SMILES string of the molecule is CCCn1ncc(C(=O)N2C[C@@H]3CC[C@H](C2)N(Cc2cscn2)C3=O)c1C. The van der Waals surface area contributed by atoms with Crippen LogP contribution in [-0.4, -0.2) is 55.5 Å². The van der Waals surface area contributed by atoms with Gasteiger partial charge in [-0.15, -0.1) is 11.3 Å². The summed E-state index contributed by atoms with van der Waals surface area (Å²) < 4.78 is 1.89. The third-order valence-electron chi connectivity index (χ3n) is 5.67. The van der Waals surface area contributed by atoms with Crippen LogP contribution in [0.1, 0.15) is 47.9 Å². The van der Waals surface area contributed by atoms with Crippen molar-refractivity contribution in [1.82, 2.24) is 24.6 Å². The lowest BCUT2D eigenvalue weighted by molar-refractivity contribution is -0.140. The van der Waals surface area contributed by atoms with Crippen LogP contribution in [0.3, 0.4) is 0 Å². The second kappa shape index (κ2) is 7.42. The fourth-order valence-corrected chi connectivity index (χ4v) is 4.72. The molecule has 3 aliphatic rings. The number of hydrogen-bond acceptors (Lipinski definition) is 5. The molecule has 7 nitrogen and oxygen atoms in total. The Hall–Kier alpha value is -2.22. The van der Waals surface area contributed by atoms with Gasteiger partial charge in [-0.1, -0.05) is 6.92 Å². The molecule has 0 aromatic carbocycles. The summed E-state index contributed by atoms with van der Waals surface area (Å²) in [5, 5.41) is 6.35. The number of hydrogen-bond donors (Lipinski definition) is 0. The largest absolute Gasteiger partial charge is 0.336 e. The standard InChI is InChI=1S/C19H25N5O2S/c1-3-6-24-13(2)17(7-21-24)19(26)22-8-14-4-5-16(10-22)23(18(14)25)9-15-11-27-12-20-15/h7,11-12,14,16H,3-6,8-10H2,1-2H3/t14-,16+/m0/s1. The fraction of sp³-hybridized carbons (Fsp3) is 0.579. The second-order valence-electron chi connectivity index (χ2n) is 7.45. The maximum atomic E-state index is 13.2. The number of piperidine rings is 1. The van der Waals surface area contributed by atoms with Crippen LogP contribution in [0.25, 0.3) is 0 Å². The minimum absolute atomic E-state index is 0.00457. The molecule has 0 radical (unpaired) electrons. The first-order chi connectivity index (χ1) is 13.1. The Morgan fingerprint density at radius 3 is 2.93 bits per heavy atom. The molecule has 3 fully saturated rings. The predicted octanol–water partition coefficient (Wildman–Crippen LogP) is 2.32. The van der Waals surface area contributed by atoms with Crippen LogP contribution in [0, 0.1) is 12.8 Å². The number of aromatic nitrogens is 3. The third kappa shape index (κ3) is 3.38. The van der Waals surface area contributed by atoms with Crippen molar-refractivity contribution in [3.05, 3.63) is 34.0 Å². The van der Waals surface area contributed by atoms with Crippen molar-refractivity contribution in [2.75, 3.05) is 13.1 Å². The molecule has 0 aliphatic carbocycles. The van der Waals surface area contributed by atoms with Gasteiger partial charge in [-0.2, -0.15) is 5.10 Å². The van der Waals surface area contributed by atoms with E-state index in [2.05, 4.69) is 17.0 Å². The zero-order chi connectivity index (χ0) is 19.0. The number of nitrogens with zero attached hydrogens (tertiary/aromatic N) is 5. The van der Waals surface area contributed by atoms with Gasteiger partial charge in [-0.05, 0) is 26.2 Å². The summed E-state index contributed by atoms with van der Waals surface area (Å²) in [6, 6.07) is 0.0629. The summed E-state index contributed by atoms with van der Waals surface area (Å²) >= 11 is 1.54. The van der Waals surface area contributed by atoms with Gasteiger partial charge in [0.05, 0.1) is 35.4 Å². The van der Waals surface area contributed by atoms with Crippen molar-refractivity contribution < 1.29 is 9.59 Å². The minimum atomic E-state index is -0.114. The first-order valence-electron chi connectivity index (χ1n) is 9.57. The summed E-state index contributed by atoms with van der Waals surface area (Å²) in [5.41, 5.74) is 4.28. The third-order valence-corrected chi connectivity index (χ3v) is 6.30. The molecule has 2 atom stereocenters. The summed E-state index contributed by atoms with van der Waals surface area (Å²) in [4.78, 5) is 34.2. The number of amides is 2. The van der Waals surface area contributed by atoms with Gasteiger partial charge in [0.2, 0.25) is 5.91 Å². The number of aryl methyl sites for hydroxylation is 1. The molecule has 8 heteroatoms. The fourth-order valence-electron chi connectivity index (χ4n) is 4.17. The summed E-state index contributed by atoms with van der Waals surface area (Å²) in [5.74, 6) is 0.0420. The molecule has 2 bridgehead atoms. The lowest BCUT2D eigenvalue weighted by Gasteiger charge is -2.35. The van der Waals surface area contributed by atoms with Crippen LogP contribution in [0.5, 0.6) is 0 Å². The van der Waals surface area contributed by atoms with E-state index < -0.39 is 0 Å². The molecule has 2 aromatic heterocycles. The van der Waals surface area contributed by atoms with Gasteiger partial charge < -0.3 is 9.80 Å². The molecule has 3 saturated heterocycles. The normalized spacial score (nSPS) is 22.4. The lowest BCUT2D eigenvalue weighted by Crippen LogP contribution is -2.47. The Morgan fingerprint density at radius 1 is 1.33 bits per heavy atom. The van der Waals surface area contributed by atoms with Crippen LogP contribution in [0.15, 0.2) is 17.1 Å². The number of thiazole rings is 1. The Bertz CT molecular complexity index is 831. The topological polar surface area (TPSA) is 71.3 Å². The van der Waals surface area contributed by atoms with Gasteiger partial charge in [0.25, 0.3) is 5.91 Å². The monoisotopic (exact) mass is 387 g/mol. The Morgan fingerprint density at radius 2 is 2.19 bits per heavy atom. The van der Waals surface area contributed by atoms with E-state index in [4.69, 9.17) is 0 Å². The maximum absolute atomic E-state index is 13.2. The van der Waals surface area contributed by atoms with Crippen LogP contribution in [0.4, 0.5) is 0 Å². The van der Waals surface area contributed by atoms with Crippen molar-refractivity contribution in [3.8, 4) is 0 Å². The van der Waals surface area contributed by atoms with Gasteiger partial charge in [-0.3, -0.25) is 14.3 Å². The average Bonchev–Trinajstić information content (AvgIpc) is 3.20. The van der Waals surface area contributed by atoms with Crippen molar-refractivity contribution in [2.24, 2.45) is 5.92 Å². The Labute approximate surface area is 163 Å². The highest BCUT2D eigenvalue weighted by Gasteiger charge is 2.42. The van der Waals surface area contributed by atoms with E-state index in [1.807, 2.05) is 26.8 Å². The van der Waals surface area contributed by atoms with Crippen molar-refractivity contribution in [2.45, 2.75) is 52.2 Å². The molecule has 144 valence electrons. The van der Waals surface area contributed by atoms with Crippen molar-refractivity contribution in [1.29, 1.82) is 0 Å². The quantitative estimate of drug-likeness (QED) is 0.789. The summed E-state index contributed by atoms with van der Waals surface area (Å²) in [6.07, 6.45) is 4.45. The van der Waals surface area contributed by atoms with E-state index >= 15 is 0 Å². The summed E-state index contributed by atoms with van der Waals surface area (Å²) in [6.45, 7) is 6.48. The van der Waals surface area contributed by atoms with Gasteiger partial charge in [0, 0.05) is 36.8 Å². The molecule has 2 aromatic rings. The highest BCUT2D eigenvalue weighted by atomic mass is 32.1. The van der Waals surface area contributed by atoms with Gasteiger partial charge in [0.1, 0.15) is 0 Å². The maximum Gasteiger partial charge on any atom is 0.257 e. The molecule has 5 rings (SSSR count). The van der Waals surface area contributed by atoms with E-state index in [1.165, 1.54) is 0 Å². The number of carbonyl (C=O) groups excluding carboxylic acids is 2. The van der Waals surface area contributed by atoms with Crippen LogP contribution < -0.4 is 0 Å². The second-order valence-corrected chi connectivity index (χ2v) is 8.17. The highest BCUT2D eigenvalue weighted by molar-refractivity contribution is 7.07. The van der Waals surface area contributed by atoms with Gasteiger partial charge in [0.15, 0.2) is 0 Å². The van der Waals surface area contributed by atoms with Crippen LogP contribution >= 0.6 is 11.3 Å². The first kappa shape index (κ1) is 18.2. The summed E-state index contributed by atoms with van der Waals surface area (Å²) in [7, 11) is 0. The molecule has 0 N–H and O–H groups in total. The molecule has 27 heavy (non-hydrogen) atoms. The van der Waals surface area contributed by atoms with Gasteiger partial charge >= 0.3 is 0 Å². The molecular formula is C19H25N5O2S. The molecular weight excluding hydrogens is 362 g/mol. The zero-order valence-electron chi connectivity index (χ0n) is 15.8. The number of fused-ring (bicyclic) bond motifs is 4. The number of rotatable bonds is 5. The predicted molar refractivity (Wildman–Crippen MR) is 102 cm³/mol. The van der Waals surface area contributed by atoms with Crippen molar-refractivity contribution >= 4 is 23.2 Å². The molecule has 0 spiro atoms. The zero-order valence-corrected chi connectivity index (χ0v) is 16.6. The Kier molecular flexibility index (Phi) is 4.99. The smallest absolute Gasteiger partial charge is 0.257 e. The number of carbonyl (C=O) groups is 2. The van der Waals surface area contributed by atoms with E-state index in [9.17, 15) is 9.59 Å². The average molecular weight is 388 g/mol. The Balaban J connectivity index is 1.54. The molecule has 5 heterocycles. The van der Waals surface area contributed by atoms with E-state index in [0.29, 0.717) is 25.2 Å². The molecule has 2 amide bonds. The van der Waals surface area contributed by atoms with Crippen LogP contribution in [-0.2, 0) is 17.9 Å². The first-order valence-corrected chi connectivity index (χ1v) is 10.5. The van der Waals surface area contributed by atoms with E-state index in [1.54, 1.807) is 23.0 Å². The van der Waals surface area contributed by atoms with Crippen molar-refractivity contribution in [3.63, 3.8) is 0 Å². The molecule has 0 saturated carbocycles. The van der Waals surface area contributed by atoms with Crippen LogP contribution in [0.2, 0.25) is 0 Å². The molecule has 0 unspecified atom stereocenters. The highest BCUT2D eigenvalue weighted by Crippen LogP contribution is 2.31. The van der Waals surface area contributed by atoms with Gasteiger partial charge in [-0.25, -0.2) is 4.98 Å². The molecule has 3 aliphatic heterocycles. The van der Waals surface area contributed by atoms with E-state index in [0.717, 1.165) is 37.2 Å². The minimum Gasteiger partial charge on any atom is -0.336 e.